The van der Waals surface area contributed by atoms with E-state index < -0.39 is 11.7 Å². The van der Waals surface area contributed by atoms with Gasteiger partial charge in [-0.2, -0.15) is 18.3 Å². The first-order valence-electron chi connectivity index (χ1n) is 11.3. The fraction of sp³-hybridized carbons (Fsp3) is 0.435. The van der Waals surface area contributed by atoms with Gasteiger partial charge in [0.2, 0.25) is 11.9 Å². The van der Waals surface area contributed by atoms with Crippen LogP contribution < -0.4 is 10.5 Å². The first kappa shape index (κ1) is 25.8. The number of nitrogens with zero attached hydrogens (tertiary/aromatic N) is 5. The van der Waals surface area contributed by atoms with Crippen LogP contribution in [0.25, 0.3) is 10.8 Å². The van der Waals surface area contributed by atoms with Crippen LogP contribution in [0.4, 0.5) is 19.1 Å². The van der Waals surface area contributed by atoms with E-state index in [1.54, 1.807) is 22.1 Å². The Balaban J connectivity index is 1.23. The SMILES string of the molecule is CC(COCCC(=O)N1CCN(c2ncc(C(F)(F)F)cn2)CC1)c1ccc(Cl)c2c(=O)[nH]ncc12. The van der Waals surface area contributed by atoms with Crippen molar-refractivity contribution in [3.63, 3.8) is 0 Å². The average molecular weight is 525 g/mol. The van der Waals surface area contributed by atoms with E-state index in [1.807, 2.05) is 13.0 Å². The molecule has 1 aliphatic heterocycles. The van der Waals surface area contributed by atoms with Crippen LogP contribution in [0.5, 0.6) is 0 Å². The zero-order valence-corrected chi connectivity index (χ0v) is 20.1. The van der Waals surface area contributed by atoms with E-state index in [9.17, 15) is 22.8 Å². The lowest BCUT2D eigenvalue weighted by molar-refractivity contribution is -0.138. The zero-order chi connectivity index (χ0) is 25.9. The first-order chi connectivity index (χ1) is 17.1. The summed E-state index contributed by atoms with van der Waals surface area (Å²) >= 11 is 6.17. The number of hydrogen-bond acceptors (Lipinski definition) is 7. The molecule has 4 rings (SSSR count). The monoisotopic (exact) mass is 524 g/mol. The Morgan fingerprint density at radius 1 is 1.17 bits per heavy atom. The van der Waals surface area contributed by atoms with Gasteiger partial charge in [0.25, 0.3) is 5.56 Å². The zero-order valence-electron chi connectivity index (χ0n) is 19.4. The standard InChI is InChI=1S/C23H24ClF3N6O3/c1-14(16-2-3-18(24)20-17(16)12-30-31-21(20)35)13-36-9-4-19(34)32-5-7-33(8-6-32)22-28-10-15(11-29-22)23(25,26)27/h2-3,10-12,14H,4-9,13H2,1H3,(H,31,35). The number of anilines is 1. The summed E-state index contributed by atoms with van der Waals surface area (Å²) < 4.78 is 43.8. The number of carbonyl (C=O) groups excluding carboxylic acids is 1. The van der Waals surface area contributed by atoms with Gasteiger partial charge < -0.3 is 14.5 Å². The summed E-state index contributed by atoms with van der Waals surface area (Å²) in [5, 5.41) is 7.64. The number of hydrogen-bond donors (Lipinski definition) is 1. The number of H-pyrrole nitrogens is 1. The molecule has 9 nitrogen and oxygen atoms in total. The maximum absolute atomic E-state index is 12.7. The van der Waals surface area contributed by atoms with E-state index in [1.165, 1.54) is 0 Å². The van der Waals surface area contributed by atoms with Crippen LogP contribution in [0.3, 0.4) is 0 Å². The summed E-state index contributed by atoms with van der Waals surface area (Å²) in [6, 6.07) is 3.51. The van der Waals surface area contributed by atoms with Crippen molar-refractivity contribution in [2.45, 2.75) is 25.4 Å². The first-order valence-corrected chi connectivity index (χ1v) is 11.7. The number of carbonyl (C=O) groups is 1. The molecule has 36 heavy (non-hydrogen) atoms. The van der Waals surface area contributed by atoms with Crippen LogP contribution in [0.2, 0.25) is 5.02 Å². The highest BCUT2D eigenvalue weighted by Crippen LogP contribution is 2.29. The molecule has 3 heterocycles. The van der Waals surface area contributed by atoms with Gasteiger partial charge in [-0.25, -0.2) is 15.1 Å². The minimum Gasteiger partial charge on any atom is -0.380 e. The van der Waals surface area contributed by atoms with Crippen LogP contribution in [0.15, 0.2) is 35.5 Å². The van der Waals surface area contributed by atoms with Crippen molar-refractivity contribution in [3.05, 3.63) is 57.2 Å². The second kappa shape index (κ2) is 10.8. The van der Waals surface area contributed by atoms with E-state index in [0.29, 0.717) is 48.6 Å². The third kappa shape index (κ3) is 5.76. The Labute approximate surface area is 209 Å². The average Bonchev–Trinajstić information content (AvgIpc) is 2.86. The third-order valence-corrected chi connectivity index (χ3v) is 6.37. The van der Waals surface area contributed by atoms with Gasteiger partial charge in [0, 0.05) is 49.9 Å². The van der Waals surface area contributed by atoms with Gasteiger partial charge in [-0.3, -0.25) is 9.59 Å². The summed E-state index contributed by atoms with van der Waals surface area (Å²) in [5.41, 5.74) is -0.382. The van der Waals surface area contributed by atoms with Gasteiger partial charge in [-0.05, 0) is 11.6 Å². The third-order valence-electron chi connectivity index (χ3n) is 6.05. The number of piperazine rings is 1. The van der Waals surface area contributed by atoms with Gasteiger partial charge in [0.05, 0.1) is 41.8 Å². The van der Waals surface area contributed by atoms with Gasteiger partial charge in [0.15, 0.2) is 0 Å². The number of alkyl halides is 3. The van der Waals surface area contributed by atoms with Crippen molar-refractivity contribution in [2.24, 2.45) is 0 Å². The maximum Gasteiger partial charge on any atom is 0.419 e. The molecule has 1 fully saturated rings. The quantitative estimate of drug-likeness (QED) is 0.473. The molecule has 0 radical (unpaired) electrons. The molecule has 0 aliphatic carbocycles. The molecule has 192 valence electrons. The normalized spacial score (nSPS) is 15.4. The van der Waals surface area contributed by atoms with Gasteiger partial charge >= 0.3 is 6.18 Å². The number of fused-ring (bicyclic) bond motifs is 1. The lowest BCUT2D eigenvalue weighted by atomic mass is 9.97. The summed E-state index contributed by atoms with van der Waals surface area (Å²) in [7, 11) is 0. The van der Waals surface area contributed by atoms with Crippen LogP contribution in [-0.2, 0) is 15.7 Å². The molecule has 0 bridgehead atoms. The number of rotatable bonds is 7. The largest absolute Gasteiger partial charge is 0.419 e. The number of nitrogens with one attached hydrogen (secondary N) is 1. The lowest BCUT2D eigenvalue weighted by Gasteiger charge is -2.34. The van der Waals surface area contributed by atoms with Crippen molar-refractivity contribution in [2.75, 3.05) is 44.3 Å². The predicted octanol–water partition coefficient (Wildman–Crippen LogP) is 3.24. The summed E-state index contributed by atoms with van der Waals surface area (Å²) in [4.78, 5) is 35.7. The molecule has 1 N–H and O–H groups in total. The fourth-order valence-electron chi connectivity index (χ4n) is 4.07. The Morgan fingerprint density at radius 2 is 1.86 bits per heavy atom. The Bertz CT molecular complexity index is 1280. The number of aromatic amines is 1. The fourth-order valence-corrected chi connectivity index (χ4v) is 4.32. The number of ether oxygens (including phenoxy) is 1. The Hall–Kier alpha value is -3.25. The molecular weight excluding hydrogens is 501 g/mol. The molecule has 1 atom stereocenters. The molecule has 1 aromatic carbocycles. The molecule has 0 saturated carbocycles. The van der Waals surface area contributed by atoms with Crippen molar-refractivity contribution in [1.82, 2.24) is 25.1 Å². The number of halogens is 4. The number of amides is 1. The summed E-state index contributed by atoms with van der Waals surface area (Å²) in [6.45, 7) is 4.20. The summed E-state index contributed by atoms with van der Waals surface area (Å²) in [6.07, 6.45) is -1.19. The van der Waals surface area contributed by atoms with E-state index in [0.717, 1.165) is 18.0 Å². The number of aromatic nitrogens is 4. The minimum absolute atomic E-state index is 0.0595. The highest BCUT2D eigenvalue weighted by Gasteiger charge is 2.32. The van der Waals surface area contributed by atoms with Crippen LogP contribution in [-0.4, -0.2) is 70.4 Å². The minimum atomic E-state index is -4.48. The maximum atomic E-state index is 12.7. The number of benzene rings is 1. The van der Waals surface area contributed by atoms with E-state index >= 15 is 0 Å². The molecule has 13 heteroatoms. The molecular formula is C23H24ClF3N6O3. The Morgan fingerprint density at radius 3 is 2.53 bits per heavy atom. The van der Waals surface area contributed by atoms with E-state index in [-0.39, 0.29) is 36.4 Å². The molecule has 1 unspecified atom stereocenters. The van der Waals surface area contributed by atoms with E-state index in [4.69, 9.17) is 16.3 Å². The lowest BCUT2D eigenvalue weighted by Crippen LogP contribution is -2.49. The molecule has 2 aromatic heterocycles. The molecule has 0 spiro atoms. The molecule has 1 aliphatic rings. The Kier molecular flexibility index (Phi) is 7.74. The van der Waals surface area contributed by atoms with E-state index in [2.05, 4.69) is 20.2 Å². The second-order valence-electron chi connectivity index (χ2n) is 8.49. The van der Waals surface area contributed by atoms with Crippen molar-refractivity contribution >= 4 is 34.2 Å². The van der Waals surface area contributed by atoms with Gasteiger partial charge in [-0.15, -0.1) is 0 Å². The van der Waals surface area contributed by atoms with Crippen LogP contribution in [0.1, 0.15) is 30.4 Å². The molecule has 1 amide bonds. The van der Waals surface area contributed by atoms with Crippen molar-refractivity contribution in [1.29, 1.82) is 0 Å². The van der Waals surface area contributed by atoms with Crippen LogP contribution >= 0.6 is 11.6 Å². The van der Waals surface area contributed by atoms with Gasteiger partial charge in [-0.1, -0.05) is 24.6 Å². The second-order valence-corrected chi connectivity index (χ2v) is 8.89. The smallest absolute Gasteiger partial charge is 0.380 e. The highest BCUT2D eigenvalue weighted by molar-refractivity contribution is 6.35. The topological polar surface area (TPSA) is 104 Å². The summed E-state index contributed by atoms with van der Waals surface area (Å²) in [5.74, 6) is 0.0819. The van der Waals surface area contributed by atoms with Crippen LogP contribution in [0, 0.1) is 0 Å². The van der Waals surface area contributed by atoms with Crippen molar-refractivity contribution in [3.8, 4) is 0 Å². The molecule has 1 saturated heterocycles. The van der Waals surface area contributed by atoms with Gasteiger partial charge in [0.1, 0.15) is 0 Å². The molecule has 3 aromatic rings. The highest BCUT2D eigenvalue weighted by atomic mass is 35.5. The van der Waals surface area contributed by atoms with Crippen molar-refractivity contribution < 1.29 is 22.7 Å². The predicted molar refractivity (Wildman–Crippen MR) is 127 cm³/mol.